The number of nitriles is 1. The minimum absolute atomic E-state index is 0.0753. The first kappa shape index (κ1) is 24.5. The van der Waals surface area contributed by atoms with E-state index in [1.807, 2.05) is 23.6 Å². The van der Waals surface area contributed by atoms with E-state index in [9.17, 15) is 9.59 Å². The number of likely N-dealkylation sites (tertiary alicyclic amines) is 1. The zero-order valence-corrected chi connectivity index (χ0v) is 21.3. The van der Waals surface area contributed by atoms with Crippen molar-refractivity contribution in [1.82, 2.24) is 14.5 Å². The summed E-state index contributed by atoms with van der Waals surface area (Å²) in [5.41, 5.74) is 2.13. The maximum Gasteiger partial charge on any atom is 0.269 e. The minimum Gasteiger partial charge on any atom is -0.387 e. The highest BCUT2D eigenvalue weighted by Gasteiger charge is 2.29. The van der Waals surface area contributed by atoms with Crippen LogP contribution in [-0.4, -0.2) is 39.2 Å². The summed E-state index contributed by atoms with van der Waals surface area (Å²) >= 11 is 13.8. The van der Waals surface area contributed by atoms with Gasteiger partial charge in [-0.1, -0.05) is 40.5 Å². The number of hydrogen-bond donors (Lipinski definition) is 0. The molecule has 8 nitrogen and oxygen atoms in total. The highest BCUT2D eigenvalue weighted by atomic mass is 35.5. The predicted molar refractivity (Wildman–Crippen MR) is 136 cm³/mol. The average Bonchev–Trinajstić information content (AvgIpc) is 3.57. The highest BCUT2D eigenvalue weighted by molar-refractivity contribution is 7.10. The van der Waals surface area contributed by atoms with Gasteiger partial charge in [0.1, 0.15) is 23.3 Å². The summed E-state index contributed by atoms with van der Waals surface area (Å²) in [6.45, 7) is 0.977. The Morgan fingerprint density at radius 1 is 1.31 bits per heavy atom. The van der Waals surface area contributed by atoms with E-state index >= 15 is 0 Å². The normalized spacial score (nSPS) is 18.0. The molecule has 1 fully saturated rings. The van der Waals surface area contributed by atoms with Crippen molar-refractivity contribution in [2.24, 2.45) is 5.16 Å². The number of pyridine rings is 1. The summed E-state index contributed by atoms with van der Waals surface area (Å²) in [6.07, 6.45) is 3.20. The number of carbonyl (C=O) groups excluding carboxylic acids is 1. The third-order valence-corrected chi connectivity index (χ3v) is 7.92. The number of hydrogen-bond acceptors (Lipinski definition) is 7. The van der Waals surface area contributed by atoms with E-state index < -0.39 is 5.56 Å². The number of thiazole rings is 1. The number of benzene rings is 1. The van der Waals surface area contributed by atoms with E-state index in [-0.39, 0.29) is 35.1 Å². The molecule has 0 saturated carbocycles. The summed E-state index contributed by atoms with van der Waals surface area (Å²) in [7, 11) is 0. The topological polar surface area (TPSA) is 101 Å². The zero-order chi connectivity index (χ0) is 25.2. The van der Waals surface area contributed by atoms with Crippen molar-refractivity contribution in [2.75, 3.05) is 13.1 Å². The molecule has 1 atom stereocenters. The number of piperidine rings is 1. The molecule has 2 aliphatic heterocycles. The second-order valence-electron chi connectivity index (χ2n) is 8.62. The Morgan fingerprint density at radius 3 is 2.86 bits per heavy atom. The van der Waals surface area contributed by atoms with E-state index in [0.717, 1.165) is 34.8 Å². The van der Waals surface area contributed by atoms with Crippen molar-refractivity contribution >= 4 is 46.2 Å². The van der Waals surface area contributed by atoms with Crippen LogP contribution >= 0.6 is 34.5 Å². The summed E-state index contributed by atoms with van der Waals surface area (Å²) in [5.74, 6) is 0.0592. The third-order valence-electron chi connectivity index (χ3n) is 6.32. The maximum absolute atomic E-state index is 12.8. The summed E-state index contributed by atoms with van der Waals surface area (Å²) in [4.78, 5) is 37.2. The van der Waals surface area contributed by atoms with Crippen molar-refractivity contribution in [2.45, 2.75) is 37.8 Å². The molecule has 2 aliphatic rings. The van der Waals surface area contributed by atoms with Gasteiger partial charge in [-0.2, -0.15) is 5.26 Å². The van der Waals surface area contributed by atoms with Crippen molar-refractivity contribution in [1.29, 1.82) is 5.26 Å². The molecule has 2 aromatic heterocycles. The van der Waals surface area contributed by atoms with Gasteiger partial charge in [0, 0.05) is 47.6 Å². The summed E-state index contributed by atoms with van der Waals surface area (Å²) in [6, 6.07) is 11.8. The fourth-order valence-electron chi connectivity index (χ4n) is 4.37. The number of rotatable bonds is 5. The number of oxime groups is 1. The molecule has 183 valence electrons. The Kier molecular flexibility index (Phi) is 7.10. The highest BCUT2D eigenvalue weighted by Crippen LogP contribution is 2.35. The number of aromatic nitrogens is 2. The number of carbonyl (C=O) groups is 1. The minimum atomic E-state index is -0.484. The molecule has 11 heteroatoms. The second-order valence-corrected chi connectivity index (χ2v) is 10.3. The standard InChI is InChI=1S/C25H20Cl2N5O3S/c26-18-4-2-1-3-17(18)22-10-20(30-35-22)21-14-36-24(29-21)16-5-7-31(8-6-16)23(33)13-32-12-15(11-28)9-19(27)25(32)34/h1-2,4,9,12,14,16,22H,5-8,10,13H2. The molecule has 0 spiro atoms. The van der Waals surface area contributed by atoms with Gasteiger partial charge in [0.15, 0.2) is 6.10 Å². The SMILES string of the molecule is N#Cc1cc(Cl)c(=O)n(CC(=O)N2CCC(c3nc(C4=NOC(c5[c]cccc5Cl)C4)cs3)CC2)c1. The van der Waals surface area contributed by atoms with Crippen LogP contribution in [-0.2, 0) is 16.2 Å². The fourth-order valence-corrected chi connectivity index (χ4v) is 5.84. The van der Waals surface area contributed by atoms with E-state index in [0.29, 0.717) is 24.5 Å². The maximum atomic E-state index is 12.8. The molecule has 36 heavy (non-hydrogen) atoms. The Labute approximate surface area is 221 Å². The van der Waals surface area contributed by atoms with Gasteiger partial charge in [-0.3, -0.25) is 9.59 Å². The Hall–Kier alpha value is -3.19. The second kappa shape index (κ2) is 10.4. The van der Waals surface area contributed by atoms with Gasteiger partial charge in [-0.05, 0) is 31.0 Å². The summed E-state index contributed by atoms with van der Waals surface area (Å²) in [5, 5.41) is 16.9. The van der Waals surface area contributed by atoms with Gasteiger partial charge in [0.2, 0.25) is 5.91 Å². The van der Waals surface area contributed by atoms with Gasteiger partial charge in [-0.25, -0.2) is 4.98 Å². The first-order valence-electron chi connectivity index (χ1n) is 11.4. The van der Waals surface area contributed by atoms with E-state index in [2.05, 4.69) is 11.2 Å². The first-order chi connectivity index (χ1) is 17.4. The Balaban J connectivity index is 1.18. The molecule has 0 N–H and O–H groups in total. The van der Waals surface area contributed by atoms with E-state index in [1.54, 1.807) is 22.3 Å². The molecule has 4 heterocycles. The molecule has 3 aromatic rings. The van der Waals surface area contributed by atoms with Crippen LogP contribution in [0.5, 0.6) is 0 Å². The molecule has 1 aromatic carbocycles. The number of nitrogens with zero attached hydrogens (tertiary/aromatic N) is 5. The molecule has 1 radical (unpaired) electrons. The van der Waals surface area contributed by atoms with Gasteiger partial charge >= 0.3 is 0 Å². The van der Waals surface area contributed by atoms with Crippen LogP contribution < -0.4 is 5.56 Å². The lowest BCUT2D eigenvalue weighted by atomic mass is 9.97. The van der Waals surface area contributed by atoms with Crippen LogP contribution in [0.1, 0.15) is 53.1 Å². The van der Waals surface area contributed by atoms with E-state index in [1.165, 1.54) is 16.8 Å². The molecular formula is C25H20Cl2N5O3S. The first-order valence-corrected chi connectivity index (χ1v) is 13.0. The van der Waals surface area contributed by atoms with Crippen molar-refractivity contribution in [3.8, 4) is 6.07 Å². The lowest BCUT2D eigenvalue weighted by Crippen LogP contribution is -2.41. The third kappa shape index (κ3) is 5.03. The molecule has 1 saturated heterocycles. The Morgan fingerprint density at radius 2 is 2.11 bits per heavy atom. The molecule has 0 bridgehead atoms. The van der Waals surface area contributed by atoms with Crippen LogP contribution in [0.15, 0.2) is 45.8 Å². The molecular weight excluding hydrogens is 521 g/mol. The fraction of sp³-hybridized carbons (Fsp3) is 0.320. The number of amides is 1. The Bertz CT molecular complexity index is 1440. The van der Waals surface area contributed by atoms with Crippen LogP contribution in [0.3, 0.4) is 0 Å². The van der Waals surface area contributed by atoms with Crippen molar-refractivity contribution in [3.63, 3.8) is 0 Å². The van der Waals surface area contributed by atoms with Crippen molar-refractivity contribution < 1.29 is 9.63 Å². The monoisotopic (exact) mass is 540 g/mol. The van der Waals surface area contributed by atoms with Gasteiger partial charge in [0.25, 0.3) is 5.56 Å². The van der Waals surface area contributed by atoms with Crippen LogP contribution in [0.25, 0.3) is 0 Å². The summed E-state index contributed by atoms with van der Waals surface area (Å²) < 4.78 is 1.19. The predicted octanol–water partition coefficient (Wildman–Crippen LogP) is 4.56. The van der Waals surface area contributed by atoms with E-state index in [4.69, 9.17) is 38.3 Å². The largest absolute Gasteiger partial charge is 0.387 e. The lowest BCUT2D eigenvalue weighted by molar-refractivity contribution is -0.132. The quantitative estimate of drug-likeness (QED) is 0.472. The van der Waals surface area contributed by atoms with Crippen LogP contribution in [0, 0.1) is 17.4 Å². The van der Waals surface area contributed by atoms with Gasteiger partial charge in [0.05, 0.1) is 16.3 Å². The average molecular weight is 541 g/mol. The molecule has 5 rings (SSSR count). The zero-order valence-electron chi connectivity index (χ0n) is 19.0. The van der Waals surface area contributed by atoms with Gasteiger partial charge < -0.3 is 14.3 Å². The molecule has 1 amide bonds. The van der Waals surface area contributed by atoms with Crippen molar-refractivity contribution in [3.05, 3.63) is 84.1 Å². The molecule has 0 aliphatic carbocycles. The molecule has 1 unspecified atom stereocenters. The van der Waals surface area contributed by atoms with Crippen LogP contribution in [0.4, 0.5) is 0 Å². The van der Waals surface area contributed by atoms with Gasteiger partial charge in [-0.15, -0.1) is 11.3 Å². The lowest BCUT2D eigenvalue weighted by Gasteiger charge is -2.31. The number of halogens is 2. The smallest absolute Gasteiger partial charge is 0.269 e. The van der Waals surface area contributed by atoms with Crippen LogP contribution in [0.2, 0.25) is 10.0 Å².